The molecule has 0 unspecified atom stereocenters. The molecule has 0 aromatic carbocycles. The summed E-state index contributed by atoms with van der Waals surface area (Å²) in [4.78, 5) is 19.3. The largest absolute Gasteiger partial charge is 0.417 e. The van der Waals surface area contributed by atoms with Gasteiger partial charge < -0.3 is 5.32 Å². The van der Waals surface area contributed by atoms with Crippen LogP contribution in [-0.4, -0.2) is 30.0 Å². The molecule has 1 N–H and O–H groups in total. The number of hydrogen-bond acceptors (Lipinski definition) is 5. The van der Waals surface area contributed by atoms with Crippen LogP contribution in [0.25, 0.3) is 0 Å². The van der Waals surface area contributed by atoms with Crippen molar-refractivity contribution < 1.29 is 26.4 Å². The van der Waals surface area contributed by atoms with Gasteiger partial charge in [0, 0.05) is 16.9 Å². The van der Waals surface area contributed by atoms with Crippen molar-refractivity contribution in [3.05, 3.63) is 46.3 Å². The number of rotatable bonds is 4. The van der Waals surface area contributed by atoms with Crippen molar-refractivity contribution >= 4 is 37.5 Å². The molecule has 0 saturated heterocycles. The lowest BCUT2D eigenvalue weighted by Gasteiger charge is -2.10. The minimum atomic E-state index is -4.55. The van der Waals surface area contributed by atoms with Gasteiger partial charge in [-0.25, -0.2) is 18.4 Å². The van der Waals surface area contributed by atoms with Crippen LogP contribution in [-0.2, 0) is 16.0 Å². The number of hydrogen-bond donors (Lipinski definition) is 1. The first-order valence-electron chi connectivity index (χ1n) is 6.77. The van der Waals surface area contributed by atoms with E-state index in [1.807, 2.05) is 0 Å². The molecular weight excluding hydrogens is 427 g/mol. The molecule has 134 valence electrons. The molecule has 6 nitrogen and oxygen atoms in total. The SMILES string of the molecule is CCS(=O)(=O)c1cc(Br)cnc1C(=O)Nc1ccc(C(F)(F)F)cn1. The van der Waals surface area contributed by atoms with Crippen LogP contribution in [0.2, 0.25) is 0 Å². The second kappa shape index (κ2) is 7.08. The third-order valence-electron chi connectivity index (χ3n) is 3.08. The van der Waals surface area contributed by atoms with E-state index in [0.717, 1.165) is 12.1 Å². The number of nitrogens with zero attached hydrogens (tertiary/aromatic N) is 2. The zero-order chi connectivity index (χ0) is 18.8. The Hall–Kier alpha value is -2.01. The van der Waals surface area contributed by atoms with Gasteiger partial charge in [-0.15, -0.1) is 0 Å². The van der Waals surface area contributed by atoms with Crippen LogP contribution >= 0.6 is 15.9 Å². The predicted molar refractivity (Wildman–Crippen MR) is 86.9 cm³/mol. The molecule has 0 bridgehead atoms. The predicted octanol–water partition coefficient (Wildman–Crippen LogP) is 3.30. The number of carbonyl (C=O) groups excluding carboxylic acids is 1. The number of anilines is 1. The minimum Gasteiger partial charge on any atom is -0.305 e. The van der Waals surface area contributed by atoms with E-state index in [2.05, 4.69) is 31.2 Å². The number of aromatic nitrogens is 2. The van der Waals surface area contributed by atoms with Gasteiger partial charge in [-0.05, 0) is 34.1 Å². The van der Waals surface area contributed by atoms with Gasteiger partial charge in [-0.3, -0.25) is 4.79 Å². The van der Waals surface area contributed by atoms with Crippen LogP contribution in [0.5, 0.6) is 0 Å². The van der Waals surface area contributed by atoms with Gasteiger partial charge in [0.15, 0.2) is 9.84 Å². The van der Waals surface area contributed by atoms with Crippen molar-refractivity contribution in [3.8, 4) is 0 Å². The van der Waals surface area contributed by atoms with E-state index in [1.54, 1.807) is 0 Å². The topological polar surface area (TPSA) is 89.0 Å². The first-order chi connectivity index (χ1) is 11.5. The number of sulfone groups is 1. The van der Waals surface area contributed by atoms with Crippen molar-refractivity contribution in [2.75, 3.05) is 11.1 Å². The fourth-order valence-electron chi connectivity index (χ4n) is 1.79. The van der Waals surface area contributed by atoms with Gasteiger partial charge in [0.1, 0.15) is 11.5 Å². The number of nitrogens with one attached hydrogen (secondary N) is 1. The molecule has 0 fully saturated rings. The zero-order valence-corrected chi connectivity index (χ0v) is 15.0. The summed E-state index contributed by atoms with van der Waals surface area (Å²) in [5.41, 5.74) is -1.34. The highest BCUT2D eigenvalue weighted by molar-refractivity contribution is 9.10. The third-order valence-corrected chi connectivity index (χ3v) is 5.26. The zero-order valence-electron chi connectivity index (χ0n) is 12.6. The van der Waals surface area contributed by atoms with Crippen molar-refractivity contribution in [1.29, 1.82) is 0 Å². The molecule has 0 saturated carbocycles. The van der Waals surface area contributed by atoms with Gasteiger partial charge in [-0.2, -0.15) is 13.2 Å². The van der Waals surface area contributed by atoms with Gasteiger partial charge in [0.2, 0.25) is 0 Å². The van der Waals surface area contributed by atoms with Gasteiger partial charge >= 0.3 is 6.18 Å². The smallest absolute Gasteiger partial charge is 0.305 e. The maximum Gasteiger partial charge on any atom is 0.417 e. The van der Waals surface area contributed by atoms with Crippen LogP contribution in [0, 0.1) is 0 Å². The lowest BCUT2D eigenvalue weighted by molar-refractivity contribution is -0.137. The first-order valence-corrected chi connectivity index (χ1v) is 9.22. The molecule has 2 heterocycles. The van der Waals surface area contributed by atoms with E-state index < -0.39 is 27.5 Å². The molecule has 2 aromatic rings. The van der Waals surface area contributed by atoms with Crippen LogP contribution in [0.3, 0.4) is 0 Å². The van der Waals surface area contributed by atoms with E-state index in [9.17, 15) is 26.4 Å². The Kier molecular flexibility index (Phi) is 5.47. The Morgan fingerprint density at radius 3 is 2.44 bits per heavy atom. The van der Waals surface area contributed by atoms with Gasteiger partial charge in [-0.1, -0.05) is 6.92 Å². The summed E-state index contributed by atoms with van der Waals surface area (Å²) in [6.07, 6.45) is -2.75. The number of amides is 1. The standard InChI is InChI=1S/C14H11BrF3N3O3S/c1-2-25(23,24)10-5-9(15)7-20-12(10)13(22)21-11-4-3-8(6-19-11)14(16,17)18/h3-7H,2H2,1H3,(H,19,21,22). The second-order valence-corrected chi connectivity index (χ2v) is 7.95. The molecule has 0 spiro atoms. The van der Waals surface area contributed by atoms with Crippen LogP contribution in [0.15, 0.2) is 40.0 Å². The molecule has 0 aliphatic heterocycles. The number of pyridine rings is 2. The Morgan fingerprint density at radius 2 is 1.92 bits per heavy atom. The average molecular weight is 438 g/mol. The van der Waals surface area contributed by atoms with Crippen LogP contribution in [0.1, 0.15) is 23.0 Å². The summed E-state index contributed by atoms with van der Waals surface area (Å²) in [7, 11) is -3.74. The van der Waals surface area contributed by atoms with E-state index in [-0.39, 0.29) is 22.2 Å². The fourth-order valence-corrected chi connectivity index (χ4v) is 3.34. The Labute approximate surface area is 149 Å². The van der Waals surface area contributed by atoms with Crippen molar-refractivity contribution in [3.63, 3.8) is 0 Å². The maximum absolute atomic E-state index is 12.5. The Bertz CT molecular complexity index is 900. The molecule has 25 heavy (non-hydrogen) atoms. The molecule has 2 aromatic heterocycles. The summed E-state index contributed by atoms with van der Waals surface area (Å²) in [6.45, 7) is 1.41. The molecule has 0 atom stereocenters. The number of carbonyl (C=O) groups is 1. The lowest BCUT2D eigenvalue weighted by atomic mass is 10.2. The van der Waals surface area contributed by atoms with Crippen molar-refractivity contribution in [2.24, 2.45) is 0 Å². The molecule has 0 aliphatic rings. The van der Waals surface area contributed by atoms with E-state index in [4.69, 9.17) is 0 Å². The molecule has 11 heteroatoms. The fraction of sp³-hybridized carbons (Fsp3) is 0.214. The van der Waals surface area contributed by atoms with Crippen LogP contribution < -0.4 is 5.32 Å². The maximum atomic E-state index is 12.5. The first kappa shape index (κ1) is 19.3. The average Bonchev–Trinajstić information content (AvgIpc) is 2.54. The molecule has 2 rings (SSSR count). The Balaban J connectivity index is 2.33. The molecule has 1 amide bonds. The normalized spacial score (nSPS) is 12.0. The highest BCUT2D eigenvalue weighted by Crippen LogP contribution is 2.29. The number of alkyl halides is 3. The van der Waals surface area contributed by atoms with Gasteiger partial charge in [0.05, 0.1) is 16.2 Å². The summed E-state index contributed by atoms with van der Waals surface area (Å²) in [6, 6.07) is 2.95. The van der Waals surface area contributed by atoms with Crippen LogP contribution in [0.4, 0.5) is 19.0 Å². The third kappa shape index (κ3) is 4.54. The monoisotopic (exact) mass is 437 g/mol. The summed E-state index contributed by atoms with van der Waals surface area (Å²) < 4.78 is 62.1. The van der Waals surface area contributed by atoms with Crippen molar-refractivity contribution in [1.82, 2.24) is 9.97 Å². The highest BCUT2D eigenvalue weighted by atomic mass is 79.9. The minimum absolute atomic E-state index is 0.164. The van der Waals surface area contributed by atoms with Gasteiger partial charge in [0.25, 0.3) is 5.91 Å². The summed E-state index contributed by atoms with van der Waals surface area (Å²) >= 11 is 3.08. The van der Waals surface area contributed by atoms with E-state index in [1.165, 1.54) is 19.2 Å². The number of halogens is 4. The molecule has 0 radical (unpaired) electrons. The highest BCUT2D eigenvalue weighted by Gasteiger charge is 2.31. The van der Waals surface area contributed by atoms with Crippen molar-refractivity contribution in [2.45, 2.75) is 18.0 Å². The molecular formula is C14H11BrF3N3O3S. The van der Waals surface area contributed by atoms with E-state index >= 15 is 0 Å². The lowest BCUT2D eigenvalue weighted by Crippen LogP contribution is -2.20. The second-order valence-electron chi connectivity index (χ2n) is 4.79. The van der Waals surface area contributed by atoms with E-state index in [0.29, 0.717) is 10.7 Å². The quantitative estimate of drug-likeness (QED) is 0.792. The summed E-state index contributed by atoms with van der Waals surface area (Å²) in [5.74, 6) is -1.31. The molecule has 0 aliphatic carbocycles. The Morgan fingerprint density at radius 1 is 1.24 bits per heavy atom. The summed E-state index contributed by atoms with van der Waals surface area (Å²) in [5, 5.41) is 2.23.